The Morgan fingerprint density at radius 1 is 1.00 bits per heavy atom. The van der Waals surface area contributed by atoms with Gasteiger partial charge in [-0.2, -0.15) is 0 Å². The Kier molecular flexibility index (Phi) is 8.07. The zero-order chi connectivity index (χ0) is 26.3. The summed E-state index contributed by atoms with van der Waals surface area (Å²) >= 11 is 1.35. The van der Waals surface area contributed by atoms with Crippen molar-refractivity contribution >= 4 is 51.9 Å². The number of amides is 1. The van der Waals surface area contributed by atoms with Crippen LogP contribution in [0.15, 0.2) is 71.6 Å². The van der Waals surface area contributed by atoms with Gasteiger partial charge in [-0.05, 0) is 42.3 Å². The van der Waals surface area contributed by atoms with Gasteiger partial charge >= 0.3 is 0 Å². The first kappa shape index (κ1) is 25.6. The Hall–Kier alpha value is -4.06. The van der Waals surface area contributed by atoms with Gasteiger partial charge < -0.3 is 29.9 Å². The number of nitrogens with zero attached hydrogens (tertiary/aromatic N) is 3. The normalized spacial score (nSPS) is 13.7. The van der Waals surface area contributed by atoms with Crippen molar-refractivity contribution in [2.75, 3.05) is 55.3 Å². The monoisotopic (exact) mass is 532 g/mol. The standard InChI is InChI=1S/C27H28N6O4S/c1-36-21-14-19(13-20(34)16-21)29-26-27(31-24-8-3-2-7-23(24)30-26)32-38-22-6-4-5-18(15-22)28-25(35)17-33-9-11-37-12-10-33/h2-8,13-16,34H,9-12,17H2,1H3,(H,28,35)(H,29,30)(H,31,32). The molecule has 5 rings (SSSR count). The lowest BCUT2D eigenvalue weighted by Gasteiger charge is -2.25. The number of aromatic nitrogens is 2. The van der Waals surface area contributed by atoms with Crippen LogP contribution in [0.3, 0.4) is 0 Å². The number of nitrogens with one attached hydrogen (secondary N) is 3. The number of benzene rings is 3. The molecule has 1 amide bonds. The third-order valence-electron chi connectivity index (χ3n) is 5.81. The number of carbonyl (C=O) groups is 1. The molecule has 1 saturated heterocycles. The highest BCUT2D eigenvalue weighted by Crippen LogP contribution is 2.32. The number of anilines is 4. The zero-order valence-corrected chi connectivity index (χ0v) is 21.6. The molecule has 0 atom stereocenters. The lowest BCUT2D eigenvalue weighted by atomic mass is 10.2. The summed E-state index contributed by atoms with van der Waals surface area (Å²) in [6.45, 7) is 3.15. The fourth-order valence-electron chi connectivity index (χ4n) is 3.98. The van der Waals surface area contributed by atoms with E-state index in [0.717, 1.165) is 29.0 Å². The topological polar surface area (TPSA) is 121 Å². The van der Waals surface area contributed by atoms with Crippen LogP contribution in [0.5, 0.6) is 11.5 Å². The van der Waals surface area contributed by atoms with Crippen LogP contribution in [0.2, 0.25) is 0 Å². The van der Waals surface area contributed by atoms with Crippen molar-refractivity contribution in [3.8, 4) is 11.5 Å². The average molecular weight is 533 g/mol. The fraction of sp³-hybridized carbons (Fsp3) is 0.222. The number of hydrogen-bond donors (Lipinski definition) is 4. The molecule has 0 bridgehead atoms. The molecule has 0 saturated carbocycles. The molecule has 1 aliphatic heterocycles. The van der Waals surface area contributed by atoms with E-state index in [4.69, 9.17) is 19.4 Å². The molecule has 3 aromatic carbocycles. The number of ether oxygens (including phenoxy) is 2. The molecule has 11 heteroatoms. The van der Waals surface area contributed by atoms with Crippen LogP contribution in [-0.2, 0) is 9.53 Å². The highest BCUT2D eigenvalue weighted by Gasteiger charge is 2.15. The van der Waals surface area contributed by atoms with Crippen molar-refractivity contribution < 1.29 is 19.4 Å². The third kappa shape index (κ3) is 6.62. The largest absolute Gasteiger partial charge is 0.508 e. The maximum absolute atomic E-state index is 12.5. The van der Waals surface area contributed by atoms with Crippen LogP contribution in [-0.4, -0.2) is 65.8 Å². The smallest absolute Gasteiger partial charge is 0.238 e. The van der Waals surface area contributed by atoms with Gasteiger partial charge in [-0.15, -0.1) is 0 Å². The van der Waals surface area contributed by atoms with Gasteiger partial charge in [0.05, 0.1) is 37.9 Å². The summed E-state index contributed by atoms with van der Waals surface area (Å²) < 4.78 is 13.9. The molecule has 1 aromatic heterocycles. The van der Waals surface area contributed by atoms with E-state index in [1.165, 1.54) is 25.1 Å². The van der Waals surface area contributed by atoms with Crippen LogP contribution in [0.25, 0.3) is 11.0 Å². The highest BCUT2D eigenvalue weighted by molar-refractivity contribution is 8.00. The second-order valence-electron chi connectivity index (χ2n) is 8.62. The molecule has 0 unspecified atom stereocenters. The third-order valence-corrected chi connectivity index (χ3v) is 6.60. The number of aromatic hydroxyl groups is 1. The first-order valence-electron chi connectivity index (χ1n) is 12.1. The molecule has 0 aliphatic carbocycles. The predicted octanol–water partition coefficient (Wildman–Crippen LogP) is 4.48. The first-order chi connectivity index (χ1) is 18.6. The van der Waals surface area contributed by atoms with E-state index < -0.39 is 0 Å². The zero-order valence-electron chi connectivity index (χ0n) is 20.8. The Morgan fingerprint density at radius 3 is 2.53 bits per heavy atom. The fourth-order valence-corrected chi connectivity index (χ4v) is 4.67. The molecule has 38 heavy (non-hydrogen) atoms. The van der Waals surface area contributed by atoms with Crippen LogP contribution >= 0.6 is 11.9 Å². The van der Waals surface area contributed by atoms with Gasteiger partial charge in [-0.3, -0.25) is 9.69 Å². The van der Waals surface area contributed by atoms with E-state index in [9.17, 15) is 9.90 Å². The van der Waals surface area contributed by atoms with Gasteiger partial charge in [0.1, 0.15) is 11.5 Å². The van der Waals surface area contributed by atoms with Gasteiger partial charge in [-0.25, -0.2) is 9.97 Å². The van der Waals surface area contributed by atoms with Crippen molar-refractivity contribution in [3.05, 3.63) is 66.7 Å². The minimum absolute atomic E-state index is 0.0598. The number of phenols is 1. The second kappa shape index (κ2) is 12.0. The number of rotatable bonds is 9. The van der Waals surface area contributed by atoms with Crippen LogP contribution in [0, 0.1) is 0 Å². The highest BCUT2D eigenvalue weighted by atomic mass is 32.2. The lowest BCUT2D eigenvalue weighted by molar-refractivity contribution is -0.118. The minimum Gasteiger partial charge on any atom is -0.508 e. The molecule has 0 radical (unpaired) electrons. The van der Waals surface area contributed by atoms with Crippen molar-refractivity contribution in [1.29, 1.82) is 0 Å². The summed E-state index contributed by atoms with van der Waals surface area (Å²) in [5.41, 5.74) is 2.77. The van der Waals surface area contributed by atoms with Gasteiger partial charge in [0.25, 0.3) is 0 Å². The van der Waals surface area contributed by atoms with Gasteiger partial charge in [0.2, 0.25) is 5.91 Å². The first-order valence-corrected chi connectivity index (χ1v) is 12.9. The summed E-state index contributed by atoms with van der Waals surface area (Å²) in [5.74, 6) is 1.52. The molecule has 1 fully saturated rings. The van der Waals surface area contributed by atoms with Crippen LogP contribution in [0.1, 0.15) is 0 Å². The predicted molar refractivity (Wildman–Crippen MR) is 149 cm³/mol. The quantitative estimate of drug-likeness (QED) is 0.230. The van der Waals surface area contributed by atoms with E-state index in [-0.39, 0.29) is 11.7 Å². The molecular formula is C27H28N6O4S. The summed E-state index contributed by atoms with van der Waals surface area (Å²) in [5, 5.41) is 16.3. The van der Waals surface area contributed by atoms with E-state index in [0.29, 0.717) is 48.5 Å². The van der Waals surface area contributed by atoms with Crippen molar-refractivity contribution in [2.24, 2.45) is 0 Å². The SMILES string of the molecule is COc1cc(O)cc(Nc2nc3ccccc3nc2NSc2cccc(NC(=O)CN3CCOCC3)c2)c1. The number of para-hydroxylation sites is 2. The number of phenolic OH excluding ortho intramolecular Hbond substituents is 1. The van der Waals surface area contributed by atoms with Gasteiger partial charge in [0, 0.05) is 47.6 Å². The Morgan fingerprint density at radius 2 is 1.76 bits per heavy atom. The second-order valence-corrected chi connectivity index (χ2v) is 9.50. The Labute approximate surface area is 224 Å². The van der Waals surface area contributed by atoms with Crippen molar-refractivity contribution in [2.45, 2.75) is 4.90 Å². The molecule has 4 aromatic rings. The Bertz CT molecular complexity index is 1430. The molecule has 2 heterocycles. The van der Waals surface area contributed by atoms with Crippen molar-refractivity contribution in [3.63, 3.8) is 0 Å². The number of fused-ring (bicyclic) bond motifs is 1. The summed E-state index contributed by atoms with van der Waals surface area (Å²) in [6.07, 6.45) is 0. The molecule has 196 valence electrons. The Balaban J connectivity index is 1.31. The summed E-state index contributed by atoms with van der Waals surface area (Å²) in [7, 11) is 1.54. The van der Waals surface area contributed by atoms with Gasteiger partial charge in [-0.1, -0.05) is 18.2 Å². The average Bonchev–Trinajstić information content (AvgIpc) is 2.92. The number of morpholine rings is 1. The van der Waals surface area contributed by atoms with Crippen LogP contribution < -0.4 is 20.1 Å². The maximum atomic E-state index is 12.5. The number of methoxy groups -OCH3 is 1. The van der Waals surface area contributed by atoms with Gasteiger partial charge in [0.15, 0.2) is 11.6 Å². The van der Waals surface area contributed by atoms with Crippen LogP contribution in [0.4, 0.5) is 23.0 Å². The summed E-state index contributed by atoms with van der Waals surface area (Å²) in [4.78, 5) is 25.0. The molecule has 10 nitrogen and oxygen atoms in total. The maximum Gasteiger partial charge on any atom is 0.238 e. The molecule has 0 spiro atoms. The van der Waals surface area contributed by atoms with E-state index in [2.05, 4.69) is 20.3 Å². The molecule has 1 aliphatic rings. The van der Waals surface area contributed by atoms with E-state index in [1.807, 2.05) is 48.5 Å². The lowest BCUT2D eigenvalue weighted by Crippen LogP contribution is -2.41. The summed E-state index contributed by atoms with van der Waals surface area (Å²) in [6, 6.07) is 20.0. The van der Waals surface area contributed by atoms with E-state index >= 15 is 0 Å². The molecular weight excluding hydrogens is 504 g/mol. The number of hydrogen-bond acceptors (Lipinski definition) is 10. The van der Waals surface area contributed by atoms with E-state index in [1.54, 1.807) is 12.1 Å². The van der Waals surface area contributed by atoms with Crippen molar-refractivity contribution in [1.82, 2.24) is 14.9 Å². The minimum atomic E-state index is -0.0598. The molecule has 4 N–H and O–H groups in total. The number of carbonyl (C=O) groups excluding carboxylic acids is 1.